The Bertz CT molecular complexity index is 481. The second-order valence-corrected chi connectivity index (χ2v) is 7.26. The van der Waals surface area contributed by atoms with Crippen molar-refractivity contribution in [3.05, 3.63) is 29.8 Å². The maximum absolute atomic E-state index is 12.3. The fourth-order valence-corrected chi connectivity index (χ4v) is 3.78. The Balaban J connectivity index is 2.86. The van der Waals surface area contributed by atoms with Gasteiger partial charge in [-0.1, -0.05) is 32.9 Å². The minimum absolute atomic E-state index is 0.135. The summed E-state index contributed by atoms with van der Waals surface area (Å²) in [6, 6.07) is 7.36. The molecule has 0 aliphatic rings. The van der Waals surface area contributed by atoms with Gasteiger partial charge in [-0.25, -0.2) is 8.42 Å². The van der Waals surface area contributed by atoms with Gasteiger partial charge in [0.2, 0.25) is 10.0 Å². The molecule has 0 unspecified atom stereocenters. The number of hydrogen-bond acceptors (Lipinski definition) is 3. The lowest BCUT2D eigenvalue weighted by Gasteiger charge is -2.22. The Labute approximate surface area is 116 Å². The van der Waals surface area contributed by atoms with E-state index < -0.39 is 10.0 Å². The van der Waals surface area contributed by atoms with E-state index in [1.54, 1.807) is 16.4 Å². The van der Waals surface area contributed by atoms with Crippen molar-refractivity contribution in [3.8, 4) is 0 Å². The van der Waals surface area contributed by atoms with E-state index in [4.69, 9.17) is 5.73 Å². The summed E-state index contributed by atoms with van der Waals surface area (Å²) in [4.78, 5) is 0. The number of anilines is 1. The van der Waals surface area contributed by atoms with Crippen molar-refractivity contribution >= 4 is 15.7 Å². The van der Waals surface area contributed by atoms with Gasteiger partial charge in [-0.2, -0.15) is 4.31 Å². The number of nitrogens with zero attached hydrogens (tertiary/aromatic N) is 1. The van der Waals surface area contributed by atoms with Crippen LogP contribution in [0.1, 0.15) is 32.8 Å². The van der Waals surface area contributed by atoms with Crippen LogP contribution in [0.4, 0.5) is 5.69 Å². The zero-order valence-electron chi connectivity index (χ0n) is 12.0. The summed E-state index contributed by atoms with van der Waals surface area (Å²) >= 11 is 0. The highest BCUT2D eigenvalue weighted by Gasteiger charge is 2.22. The molecule has 0 aromatic heterocycles. The maximum atomic E-state index is 12.3. The van der Waals surface area contributed by atoms with Gasteiger partial charge < -0.3 is 5.73 Å². The van der Waals surface area contributed by atoms with Gasteiger partial charge in [0.15, 0.2) is 0 Å². The predicted molar refractivity (Wildman–Crippen MR) is 80.2 cm³/mol. The van der Waals surface area contributed by atoms with Crippen LogP contribution < -0.4 is 5.73 Å². The van der Waals surface area contributed by atoms with Gasteiger partial charge in [0.05, 0.1) is 5.75 Å². The molecule has 19 heavy (non-hydrogen) atoms. The molecule has 0 saturated carbocycles. The van der Waals surface area contributed by atoms with Gasteiger partial charge in [0, 0.05) is 18.8 Å². The van der Waals surface area contributed by atoms with Crippen LogP contribution in [0.2, 0.25) is 0 Å². The highest BCUT2D eigenvalue weighted by Crippen LogP contribution is 2.14. The lowest BCUT2D eigenvalue weighted by atomic mass is 10.2. The average molecular weight is 284 g/mol. The van der Waals surface area contributed by atoms with Gasteiger partial charge >= 0.3 is 0 Å². The molecule has 0 radical (unpaired) electrons. The fraction of sp³-hybridized carbons (Fsp3) is 0.571. The normalized spacial score (nSPS) is 12.3. The van der Waals surface area contributed by atoms with Crippen LogP contribution in [0.25, 0.3) is 0 Å². The second kappa shape index (κ2) is 6.91. The summed E-state index contributed by atoms with van der Waals surface area (Å²) in [5.41, 5.74) is 7.29. The van der Waals surface area contributed by atoms with Crippen LogP contribution in [-0.4, -0.2) is 25.0 Å². The maximum Gasteiger partial charge on any atom is 0.214 e. The first-order valence-corrected chi connectivity index (χ1v) is 8.28. The molecular weight excluding hydrogens is 260 g/mol. The zero-order valence-corrected chi connectivity index (χ0v) is 12.8. The third kappa shape index (κ3) is 5.20. The van der Waals surface area contributed by atoms with Gasteiger partial charge in [-0.3, -0.25) is 0 Å². The molecule has 0 bridgehead atoms. The van der Waals surface area contributed by atoms with Gasteiger partial charge in [0.1, 0.15) is 0 Å². The zero-order chi connectivity index (χ0) is 14.5. The van der Waals surface area contributed by atoms with Crippen LogP contribution in [0, 0.1) is 5.92 Å². The first-order valence-electron chi connectivity index (χ1n) is 6.67. The van der Waals surface area contributed by atoms with Crippen LogP contribution in [0.15, 0.2) is 24.3 Å². The predicted octanol–water partition coefficient (Wildman–Crippen LogP) is 2.47. The summed E-state index contributed by atoms with van der Waals surface area (Å²) in [5, 5.41) is 0. The lowest BCUT2D eigenvalue weighted by molar-refractivity contribution is 0.402. The van der Waals surface area contributed by atoms with E-state index in [-0.39, 0.29) is 11.7 Å². The lowest BCUT2D eigenvalue weighted by Crippen LogP contribution is -2.34. The van der Waals surface area contributed by atoms with Gasteiger partial charge in [-0.15, -0.1) is 0 Å². The molecule has 1 aromatic rings. The molecule has 1 rings (SSSR count). The Kier molecular flexibility index (Phi) is 5.82. The Hall–Kier alpha value is -1.07. The Morgan fingerprint density at radius 3 is 2.26 bits per heavy atom. The van der Waals surface area contributed by atoms with Crippen molar-refractivity contribution < 1.29 is 8.42 Å². The number of nitrogen functional groups attached to an aromatic ring is 1. The molecule has 0 fully saturated rings. The van der Waals surface area contributed by atoms with Crippen molar-refractivity contribution in [2.24, 2.45) is 5.92 Å². The Morgan fingerprint density at radius 1 is 1.21 bits per heavy atom. The molecule has 0 spiro atoms. The number of benzene rings is 1. The fourth-order valence-electron chi connectivity index (χ4n) is 1.92. The second-order valence-electron chi connectivity index (χ2n) is 5.25. The van der Waals surface area contributed by atoms with Crippen LogP contribution >= 0.6 is 0 Å². The van der Waals surface area contributed by atoms with E-state index in [0.717, 1.165) is 12.0 Å². The van der Waals surface area contributed by atoms with Gasteiger partial charge in [-0.05, 0) is 30.0 Å². The van der Waals surface area contributed by atoms with E-state index in [9.17, 15) is 8.42 Å². The number of sulfonamides is 1. The quantitative estimate of drug-likeness (QED) is 0.782. The van der Waals surface area contributed by atoms with Crippen molar-refractivity contribution in [2.45, 2.75) is 33.7 Å². The average Bonchev–Trinajstić information content (AvgIpc) is 2.29. The molecular formula is C14H24N2O2S. The van der Waals surface area contributed by atoms with Crippen molar-refractivity contribution in [2.75, 3.05) is 18.0 Å². The molecule has 108 valence electrons. The molecule has 1 aromatic carbocycles. The highest BCUT2D eigenvalue weighted by atomic mass is 32.2. The van der Waals surface area contributed by atoms with E-state index >= 15 is 0 Å². The van der Waals surface area contributed by atoms with E-state index in [1.807, 2.05) is 32.9 Å². The van der Waals surface area contributed by atoms with E-state index in [2.05, 4.69) is 0 Å². The first kappa shape index (κ1) is 16.0. The highest BCUT2D eigenvalue weighted by molar-refractivity contribution is 7.89. The molecule has 0 amide bonds. The van der Waals surface area contributed by atoms with Crippen LogP contribution in [-0.2, 0) is 16.6 Å². The standard InChI is InChI=1S/C14H24N2O2S/c1-4-9-16(19(17,18)11-12(2)3)10-13-5-7-14(15)8-6-13/h5-8,12H,4,9-11,15H2,1-3H3. The third-order valence-corrected chi connectivity index (χ3v) is 4.94. The van der Waals surface area contributed by atoms with Crippen LogP contribution in [0.3, 0.4) is 0 Å². The monoisotopic (exact) mass is 284 g/mol. The molecule has 0 heterocycles. The Morgan fingerprint density at radius 2 is 1.79 bits per heavy atom. The minimum atomic E-state index is -3.19. The molecule has 2 N–H and O–H groups in total. The smallest absolute Gasteiger partial charge is 0.214 e. The van der Waals surface area contributed by atoms with E-state index in [1.165, 1.54) is 0 Å². The number of rotatable bonds is 7. The van der Waals surface area contributed by atoms with Crippen molar-refractivity contribution in [3.63, 3.8) is 0 Å². The summed E-state index contributed by atoms with van der Waals surface area (Å²) in [6.07, 6.45) is 0.812. The number of nitrogens with two attached hydrogens (primary N) is 1. The molecule has 0 aliphatic heterocycles. The first-order chi connectivity index (χ1) is 8.85. The van der Waals surface area contributed by atoms with Crippen molar-refractivity contribution in [1.82, 2.24) is 4.31 Å². The summed E-state index contributed by atoms with van der Waals surface area (Å²) < 4.78 is 26.2. The van der Waals surface area contributed by atoms with Gasteiger partial charge in [0.25, 0.3) is 0 Å². The SMILES string of the molecule is CCCN(Cc1ccc(N)cc1)S(=O)(=O)CC(C)C. The minimum Gasteiger partial charge on any atom is -0.399 e. The topological polar surface area (TPSA) is 63.4 Å². The molecule has 0 atom stereocenters. The summed E-state index contributed by atoms with van der Waals surface area (Å²) in [7, 11) is -3.19. The van der Waals surface area contributed by atoms with Crippen LogP contribution in [0.5, 0.6) is 0 Å². The van der Waals surface area contributed by atoms with E-state index in [0.29, 0.717) is 18.8 Å². The largest absolute Gasteiger partial charge is 0.399 e. The summed E-state index contributed by atoms with van der Waals surface area (Å²) in [5.74, 6) is 0.331. The van der Waals surface area contributed by atoms with Crippen molar-refractivity contribution in [1.29, 1.82) is 0 Å². The molecule has 4 nitrogen and oxygen atoms in total. The molecule has 0 aliphatic carbocycles. The molecule has 0 saturated heterocycles. The molecule has 5 heteroatoms. The number of hydrogen-bond donors (Lipinski definition) is 1. The third-order valence-electron chi connectivity index (χ3n) is 2.75. The summed E-state index contributed by atoms with van der Waals surface area (Å²) in [6.45, 7) is 6.80.